The minimum absolute atomic E-state index is 0.356. The van der Waals surface area contributed by atoms with Crippen molar-refractivity contribution in [2.45, 2.75) is 56.4 Å². The second kappa shape index (κ2) is 4.69. The highest BCUT2D eigenvalue weighted by Crippen LogP contribution is 2.53. The van der Waals surface area contributed by atoms with Gasteiger partial charge in [0, 0.05) is 19.3 Å². The maximum atomic E-state index is 13.8. The van der Waals surface area contributed by atoms with Crippen LogP contribution in [0.5, 0.6) is 0 Å². The van der Waals surface area contributed by atoms with Crippen LogP contribution in [0.15, 0.2) is 0 Å². The summed E-state index contributed by atoms with van der Waals surface area (Å²) in [6.45, 7) is 0. The first-order valence-electron chi connectivity index (χ1n) is 6.63. The second-order valence-corrected chi connectivity index (χ2v) is 5.92. The van der Waals surface area contributed by atoms with Gasteiger partial charge < -0.3 is 11.1 Å². The van der Waals surface area contributed by atoms with Crippen LogP contribution in [0.4, 0.5) is 8.78 Å². The highest BCUT2D eigenvalue weighted by atomic mass is 19.3. The largest absolute Gasteiger partial charge is 0.369 e. The number of rotatable bonds is 7. The molecule has 0 unspecified atom stereocenters. The molecule has 0 aromatic carbocycles. The van der Waals surface area contributed by atoms with Gasteiger partial charge in [0.15, 0.2) is 0 Å². The van der Waals surface area contributed by atoms with Gasteiger partial charge in [0.2, 0.25) is 17.7 Å². The van der Waals surface area contributed by atoms with Gasteiger partial charge in [-0.2, -0.15) is 5.26 Å². The number of nitriles is 1. The number of nitrogens with zero attached hydrogens (tertiary/aromatic N) is 1. The highest BCUT2D eigenvalue weighted by Gasteiger charge is 2.54. The van der Waals surface area contributed by atoms with Crippen molar-refractivity contribution in [2.75, 3.05) is 0 Å². The van der Waals surface area contributed by atoms with Crippen LogP contribution in [0.25, 0.3) is 0 Å². The van der Waals surface area contributed by atoms with Crippen molar-refractivity contribution >= 4 is 11.8 Å². The lowest BCUT2D eigenvalue weighted by molar-refractivity contribution is -0.129. The molecular formula is C13H17F2N3O2. The lowest BCUT2D eigenvalue weighted by Gasteiger charge is -2.21. The van der Waals surface area contributed by atoms with Crippen LogP contribution in [0, 0.1) is 16.7 Å². The topological polar surface area (TPSA) is 96.0 Å². The predicted molar refractivity (Wildman–Crippen MR) is 65.4 cm³/mol. The molecule has 2 saturated carbocycles. The number of amides is 2. The number of nitrogens with two attached hydrogens (primary N) is 1. The predicted octanol–water partition coefficient (Wildman–Crippen LogP) is 1.23. The quantitative estimate of drug-likeness (QED) is 0.736. The normalized spacial score (nSPS) is 21.6. The van der Waals surface area contributed by atoms with Crippen molar-refractivity contribution in [3.8, 4) is 6.07 Å². The van der Waals surface area contributed by atoms with E-state index in [4.69, 9.17) is 11.0 Å². The standard InChI is InChI=1S/C13H17F2N3O2/c14-13(15,7-11(3-4-11)10(17)20)2-1-9(19)18-12(8-16)5-6-12/h1-7H2,(H2,17,20)(H,18,19). The number of hydrogen-bond acceptors (Lipinski definition) is 3. The minimum Gasteiger partial charge on any atom is -0.369 e. The summed E-state index contributed by atoms with van der Waals surface area (Å²) in [5.41, 5.74) is 3.20. The molecule has 110 valence electrons. The Balaban J connectivity index is 1.79. The zero-order valence-corrected chi connectivity index (χ0v) is 11.0. The van der Waals surface area contributed by atoms with Crippen LogP contribution in [0.2, 0.25) is 0 Å². The van der Waals surface area contributed by atoms with Crippen LogP contribution in [0.1, 0.15) is 44.9 Å². The molecule has 0 spiro atoms. The van der Waals surface area contributed by atoms with E-state index < -0.39 is 41.5 Å². The van der Waals surface area contributed by atoms with E-state index in [1.807, 2.05) is 6.07 Å². The fourth-order valence-electron chi connectivity index (χ4n) is 2.26. The maximum absolute atomic E-state index is 13.8. The molecule has 2 aliphatic rings. The van der Waals surface area contributed by atoms with E-state index in [9.17, 15) is 18.4 Å². The summed E-state index contributed by atoms with van der Waals surface area (Å²) in [5.74, 6) is -4.33. The number of hydrogen-bond donors (Lipinski definition) is 2. The monoisotopic (exact) mass is 285 g/mol. The van der Waals surface area contributed by atoms with Gasteiger partial charge in [0.25, 0.3) is 0 Å². The van der Waals surface area contributed by atoms with Crippen LogP contribution >= 0.6 is 0 Å². The molecule has 0 aliphatic heterocycles. The molecule has 5 nitrogen and oxygen atoms in total. The fraction of sp³-hybridized carbons (Fsp3) is 0.769. The molecule has 0 aromatic rings. The average Bonchev–Trinajstić information content (AvgIpc) is 3.24. The number of carbonyl (C=O) groups is 2. The Hall–Kier alpha value is -1.71. The third kappa shape index (κ3) is 3.24. The van der Waals surface area contributed by atoms with Crippen LogP contribution in [-0.2, 0) is 9.59 Å². The summed E-state index contributed by atoms with van der Waals surface area (Å²) in [4.78, 5) is 22.6. The molecule has 7 heteroatoms. The average molecular weight is 285 g/mol. The van der Waals surface area contributed by atoms with E-state index >= 15 is 0 Å². The summed E-state index contributed by atoms with van der Waals surface area (Å²) in [6.07, 6.45) is 0.336. The molecule has 20 heavy (non-hydrogen) atoms. The smallest absolute Gasteiger partial charge is 0.249 e. The van der Waals surface area contributed by atoms with Gasteiger partial charge in [-0.05, 0) is 25.7 Å². The third-order valence-electron chi connectivity index (χ3n) is 4.03. The lowest BCUT2D eigenvalue weighted by Crippen LogP contribution is -2.37. The van der Waals surface area contributed by atoms with Gasteiger partial charge >= 0.3 is 0 Å². The number of alkyl halides is 2. The molecule has 0 atom stereocenters. The first-order chi connectivity index (χ1) is 9.23. The third-order valence-corrected chi connectivity index (χ3v) is 4.03. The summed E-state index contributed by atoms with van der Waals surface area (Å²) in [7, 11) is 0. The van der Waals surface area contributed by atoms with Gasteiger partial charge in [0.05, 0.1) is 11.5 Å². The summed E-state index contributed by atoms with van der Waals surface area (Å²) in [6, 6.07) is 1.96. The van der Waals surface area contributed by atoms with Gasteiger partial charge in [0.1, 0.15) is 5.54 Å². The summed E-state index contributed by atoms with van der Waals surface area (Å²) >= 11 is 0. The van der Waals surface area contributed by atoms with Gasteiger partial charge in [-0.25, -0.2) is 8.78 Å². The van der Waals surface area contributed by atoms with E-state index in [-0.39, 0.29) is 6.42 Å². The SMILES string of the molecule is N#CC1(NC(=O)CCC(F)(F)CC2(C(N)=O)CC2)CC1. The maximum Gasteiger partial charge on any atom is 0.249 e. The van der Waals surface area contributed by atoms with E-state index in [0.717, 1.165) is 0 Å². The van der Waals surface area contributed by atoms with Crippen molar-refractivity contribution in [3.05, 3.63) is 0 Å². The van der Waals surface area contributed by atoms with Crippen molar-refractivity contribution in [1.29, 1.82) is 5.26 Å². The first-order valence-corrected chi connectivity index (χ1v) is 6.63. The Morgan fingerprint density at radius 3 is 2.30 bits per heavy atom. The van der Waals surface area contributed by atoms with Crippen molar-refractivity contribution in [2.24, 2.45) is 11.1 Å². The first kappa shape index (κ1) is 14.7. The van der Waals surface area contributed by atoms with Gasteiger partial charge in [-0.3, -0.25) is 9.59 Å². The Morgan fingerprint density at radius 1 is 1.30 bits per heavy atom. The second-order valence-electron chi connectivity index (χ2n) is 5.92. The van der Waals surface area contributed by atoms with Crippen molar-refractivity contribution < 1.29 is 18.4 Å². The van der Waals surface area contributed by atoms with Gasteiger partial charge in [-0.15, -0.1) is 0 Å². The Kier molecular flexibility index (Phi) is 3.44. The molecular weight excluding hydrogens is 268 g/mol. The van der Waals surface area contributed by atoms with Crippen LogP contribution in [-0.4, -0.2) is 23.3 Å². The summed E-state index contributed by atoms with van der Waals surface area (Å²) < 4.78 is 27.5. The molecule has 3 N–H and O–H groups in total. The summed E-state index contributed by atoms with van der Waals surface area (Å²) in [5, 5.41) is 11.3. The number of primary amides is 1. The molecule has 0 aromatic heterocycles. The molecule has 0 bridgehead atoms. The fourth-order valence-corrected chi connectivity index (χ4v) is 2.26. The molecule has 2 aliphatic carbocycles. The highest BCUT2D eigenvalue weighted by molar-refractivity contribution is 5.83. The molecule has 2 amide bonds. The number of carbonyl (C=O) groups excluding carboxylic acids is 2. The van der Waals surface area contributed by atoms with Crippen LogP contribution < -0.4 is 11.1 Å². The zero-order valence-electron chi connectivity index (χ0n) is 11.0. The van der Waals surface area contributed by atoms with E-state index in [1.54, 1.807) is 0 Å². The Morgan fingerprint density at radius 2 is 1.90 bits per heavy atom. The molecule has 2 fully saturated rings. The van der Waals surface area contributed by atoms with Crippen molar-refractivity contribution in [3.63, 3.8) is 0 Å². The minimum atomic E-state index is -3.09. The number of nitrogens with one attached hydrogen (secondary N) is 1. The Bertz CT molecular complexity index is 476. The number of halogens is 2. The lowest BCUT2D eigenvalue weighted by atomic mass is 9.94. The molecule has 0 radical (unpaired) electrons. The molecule has 0 saturated heterocycles. The van der Waals surface area contributed by atoms with Crippen molar-refractivity contribution in [1.82, 2.24) is 5.32 Å². The van der Waals surface area contributed by atoms with E-state index in [2.05, 4.69) is 5.32 Å². The zero-order chi connectivity index (χ0) is 15.0. The van der Waals surface area contributed by atoms with E-state index in [0.29, 0.717) is 25.7 Å². The molecule has 2 rings (SSSR count). The van der Waals surface area contributed by atoms with Gasteiger partial charge in [-0.1, -0.05) is 0 Å². The Labute approximate surface area is 115 Å². The van der Waals surface area contributed by atoms with Crippen LogP contribution in [0.3, 0.4) is 0 Å². The van der Waals surface area contributed by atoms with E-state index in [1.165, 1.54) is 0 Å². The molecule has 0 heterocycles.